The van der Waals surface area contributed by atoms with Crippen molar-refractivity contribution in [2.45, 2.75) is 157 Å². The predicted octanol–water partition coefficient (Wildman–Crippen LogP) is 10.8. The van der Waals surface area contributed by atoms with Crippen LogP contribution in [0.5, 0.6) is 23.0 Å². The molecule has 4 aliphatic heterocycles. The Morgan fingerprint density at radius 2 is 0.841 bits per heavy atom. The molecule has 2 saturated carbocycles. The summed E-state index contributed by atoms with van der Waals surface area (Å²) in [5, 5.41) is 0. The molecule has 0 radical (unpaired) electrons. The maximum atomic E-state index is 14.3. The molecule has 4 aromatic rings. The Morgan fingerprint density at radius 1 is 0.523 bits per heavy atom. The Hall–Kier alpha value is -5.58. The van der Waals surface area contributed by atoms with Crippen LogP contribution >= 0.6 is 0 Å². The monoisotopic (exact) mass is 1260 g/mol. The standard InChI is InChI=1S/2C33H48FN5O4S/c2*1-23(2)39(24(3)4)32(40)28-16-27(34)10-11-29(28)43-30-17-35-22-36-31(30)38-20-33(21-38)12-14-37(15-13-33)18-25-6-8-26(9-7-25)19-44(5,41)42/h2*10-11,16-17,22-26H,6-9,12-15,18-21H2,1-5H3. The van der Waals surface area contributed by atoms with Crippen molar-refractivity contribution in [1.29, 1.82) is 0 Å². The van der Waals surface area contributed by atoms with Gasteiger partial charge in [0.25, 0.3) is 11.8 Å². The molecule has 2 spiro atoms. The molecule has 6 aliphatic rings. The maximum absolute atomic E-state index is 14.3. The van der Waals surface area contributed by atoms with Gasteiger partial charge in [0.05, 0.1) is 35.0 Å². The van der Waals surface area contributed by atoms with E-state index in [1.54, 1.807) is 22.2 Å². The van der Waals surface area contributed by atoms with E-state index in [9.17, 15) is 35.2 Å². The summed E-state index contributed by atoms with van der Waals surface area (Å²) in [4.78, 5) is 57.6. The van der Waals surface area contributed by atoms with Gasteiger partial charge in [-0.3, -0.25) is 9.59 Å². The summed E-state index contributed by atoms with van der Waals surface area (Å²) in [6.45, 7) is 25.6. The van der Waals surface area contributed by atoms with E-state index >= 15 is 0 Å². The van der Waals surface area contributed by atoms with E-state index < -0.39 is 31.3 Å². The van der Waals surface area contributed by atoms with Crippen molar-refractivity contribution in [2.75, 3.05) is 99.3 Å². The number of nitrogens with zero attached hydrogens (tertiary/aromatic N) is 10. The number of amides is 2. The summed E-state index contributed by atoms with van der Waals surface area (Å²) in [5.74, 6) is 3.95. The van der Waals surface area contributed by atoms with Gasteiger partial charge in [-0.1, -0.05) is 0 Å². The molecule has 0 atom stereocenters. The largest absolute Gasteiger partial charge is 0.451 e. The second kappa shape index (κ2) is 28.3. The van der Waals surface area contributed by atoms with Gasteiger partial charge in [-0.15, -0.1) is 0 Å². The van der Waals surface area contributed by atoms with Gasteiger partial charge < -0.3 is 38.9 Å². The summed E-state index contributed by atoms with van der Waals surface area (Å²) >= 11 is 0. The van der Waals surface area contributed by atoms with Gasteiger partial charge in [-0.2, -0.15) is 0 Å². The highest BCUT2D eigenvalue weighted by Crippen LogP contribution is 2.47. The number of likely N-dealkylation sites (tertiary alicyclic amines) is 2. The molecule has 18 nitrogen and oxygen atoms in total. The average Bonchev–Trinajstić information content (AvgIpc) is 0.812. The van der Waals surface area contributed by atoms with Crippen LogP contribution < -0.4 is 19.3 Å². The first kappa shape index (κ1) is 66.8. The predicted molar refractivity (Wildman–Crippen MR) is 341 cm³/mol. The van der Waals surface area contributed by atoms with Gasteiger partial charge in [0, 0.05) is 86.8 Å². The van der Waals surface area contributed by atoms with Crippen molar-refractivity contribution in [3.63, 3.8) is 0 Å². The molecule has 10 rings (SSSR count). The highest BCUT2D eigenvalue weighted by atomic mass is 32.2. The normalized spacial score (nSPS) is 22.3. The van der Waals surface area contributed by atoms with Crippen LogP contribution in [-0.4, -0.2) is 182 Å². The summed E-state index contributed by atoms with van der Waals surface area (Å²) in [6.07, 6.45) is 22.1. The van der Waals surface area contributed by atoms with E-state index in [0.29, 0.717) is 58.3 Å². The number of hydrogen-bond donors (Lipinski definition) is 0. The Bertz CT molecular complexity index is 3020. The van der Waals surface area contributed by atoms with Crippen LogP contribution in [0.2, 0.25) is 0 Å². The summed E-state index contributed by atoms with van der Waals surface area (Å²) in [6, 6.07) is 7.88. The molecular weight excluding hydrogens is 1160 g/mol. The van der Waals surface area contributed by atoms with Gasteiger partial charge in [0.1, 0.15) is 55.5 Å². The molecule has 0 bridgehead atoms. The smallest absolute Gasteiger partial charge is 0.258 e. The fourth-order valence-electron chi connectivity index (χ4n) is 15.0. The van der Waals surface area contributed by atoms with Crippen molar-refractivity contribution < 1.29 is 44.7 Å². The van der Waals surface area contributed by atoms with Crippen molar-refractivity contribution >= 4 is 43.1 Å². The van der Waals surface area contributed by atoms with Crippen LogP contribution in [0.1, 0.15) is 153 Å². The number of aromatic nitrogens is 4. The molecule has 2 amide bonds. The second-order valence-electron chi connectivity index (χ2n) is 28.0. The van der Waals surface area contributed by atoms with Crippen molar-refractivity contribution in [3.05, 3.63) is 84.2 Å². The van der Waals surface area contributed by atoms with Crippen LogP contribution in [0.25, 0.3) is 0 Å². The van der Waals surface area contributed by atoms with Crippen molar-refractivity contribution in [3.8, 4) is 23.0 Å². The van der Waals surface area contributed by atoms with Crippen LogP contribution in [0.3, 0.4) is 0 Å². The molecule has 0 N–H and O–H groups in total. The summed E-state index contributed by atoms with van der Waals surface area (Å²) in [7, 11) is -5.79. The summed E-state index contributed by atoms with van der Waals surface area (Å²) in [5.41, 5.74) is 0.854. The lowest BCUT2D eigenvalue weighted by Crippen LogP contribution is -2.61. The molecule has 22 heteroatoms. The third-order valence-electron chi connectivity index (χ3n) is 19.4. The number of anilines is 2. The quantitative estimate of drug-likeness (QED) is 0.0811. The number of halogens is 2. The average molecular weight is 1260 g/mol. The summed E-state index contributed by atoms with van der Waals surface area (Å²) < 4.78 is 87.9. The van der Waals surface area contributed by atoms with Gasteiger partial charge in [0.2, 0.25) is 0 Å². The van der Waals surface area contributed by atoms with E-state index in [1.165, 1.54) is 61.6 Å². The third-order valence-corrected chi connectivity index (χ3v) is 21.5. The van der Waals surface area contributed by atoms with E-state index in [1.807, 2.05) is 55.4 Å². The number of benzene rings is 2. The zero-order valence-corrected chi connectivity index (χ0v) is 55.3. The molecule has 88 heavy (non-hydrogen) atoms. The molecule has 4 saturated heterocycles. The third kappa shape index (κ3) is 17.1. The minimum absolute atomic E-state index is 0.0557. The highest BCUT2D eigenvalue weighted by molar-refractivity contribution is 7.90. The van der Waals surface area contributed by atoms with Crippen LogP contribution in [0, 0.1) is 46.1 Å². The number of rotatable bonds is 20. The first-order valence-electron chi connectivity index (χ1n) is 32.1. The Kier molecular flexibility index (Phi) is 21.5. The van der Waals surface area contributed by atoms with Crippen LogP contribution in [0.15, 0.2) is 61.4 Å². The van der Waals surface area contributed by atoms with Crippen molar-refractivity contribution in [1.82, 2.24) is 39.5 Å². The van der Waals surface area contributed by atoms with Crippen molar-refractivity contribution in [2.24, 2.45) is 34.5 Å². The fraction of sp³-hybridized carbons (Fsp3) is 0.667. The van der Waals surface area contributed by atoms with Crippen LogP contribution in [-0.2, 0) is 19.7 Å². The molecule has 2 aliphatic carbocycles. The lowest BCUT2D eigenvalue weighted by Gasteiger charge is -2.54. The Balaban J connectivity index is 0.000000209. The second-order valence-corrected chi connectivity index (χ2v) is 32.3. The number of carbonyl (C=O) groups is 2. The molecule has 0 unspecified atom stereocenters. The van der Waals surface area contributed by atoms with E-state index in [-0.39, 0.29) is 69.4 Å². The number of sulfone groups is 2. The van der Waals surface area contributed by atoms with Gasteiger partial charge in [-0.05, 0) is 219 Å². The number of ether oxygens (including phenoxy) is 2. The minimum atomic E-state index is -2.90. The van der Waals surface area contributed by atoms with E-state index in [2.05, 4.69) is 39.5 Å². The maximum Gasteiger partial charge on any atom is 0.258 e. The Labute approximate surface area is 522 Å². The number of carbonyl (C=O) groups excluding carboxylic acids is 2. The van der Waals surface area contributed by atoms with Crippen LogP contribution in [0.4, 0.5) is 20.4 Å². The highest BCUT2D eigenvalue weighted by Gasteiger charge is 2.48. The van der Waals surface area contributed by atoms with Gasteiger partial charge >= 0.3 is 0 Å². The van der Waals surface area contributed by atoms with E-state index in [4.69, 9.17) is 9.47 Å². The molecule has 2 aromatic carbocycles. The molecule has 484 valence electrons. The zero-order valence-electron chi connectivity index (χ0n) is 53.7. The lowest BCUT2D eigenvalue weighted by atomic mass is 9.71. The van der Waals surface area contributed by atoms with Gasteiger partial charge in [0.15, 0.2) is 23.1 Å². The topological polar surface area (TPSA) is 192 Å². The minimum Gasteiger partial charge on any atom is -0.451 e. The molecule has 2 aromatic heterocycles. The Morgan fingerprint density at radius 3 is 1.15 bits per heavy atom. The molecule has 6 fully saturated rings. The first-order chi connectivity index (χ1) is 41.6. The zero-order chi connectivity index (χ0) is 63.3. The molecular formula is C66H96F2N10O8S2. The number of hydrogen-bond acceptors (Lipinski definition) is 16. The number of piperidine rings is 2. The molecule has 6 heterocycles. The lowest BCUT2D eigenvalue weighted by molar-refractivity contribution is 0.0608. The van der Waals surface area contributed by atoms with E-state index in [0.717, 1.165) is 142 Å². The first-order valence-corrected chi connectivity index (χ1v) is 36.3. The fourth-order valence-corrected chi connectivity index (χ4v) is 17.4. The van der Waals surface area contributed by atoms with Gasteiger partial charge in [-0.25, -0.2) is 45.6 Å². The SMILES string of the molecule is CC(C)N(C(=O)c1cc(F)ccc1Oc1cncnc1N1CC2(CCN(CC3CCC(CS(C)(=O)=O)CC3)CC2)C1)C(C)C.CC(C)N(C(=O)c1cc(F)ccc1Oc1cncnc1N1CC2(CCN(CC3CCC(CS(C)(=O)=O)CC3)CC2)C1)C(C)C.